The Morgan fingerprint density at radius 2 is 0.795 bits per heavy atom. The summed E-state index contributed by atoms with van der Waals surface area (Å²) >= 11 is 0. The van der Waals surface area contributed by atoms with Crippen LogP contribution in [0.1, 0.15) is 302 Å². The van der Waals surface area contributed by atoms with Gasteiger partial charge in [0.25, 0.3) is 0 Å². The van der Waals surface area contributed by atoms with Crippen molar-refractivity contribution in [2.24, 2.45) is 23.5 Å². The first-order valence-electron chi connectivity index (χ1n) is 41.2. The first-order chi connectivity index (χ1) is 53.7. The second-order valence-corrected chi connectivity index (χ2v) is 35.8. The Labute approximate surface area is 657 Å². The molecule has 0 spiro atoms. The fraction of sp³-hybridized carbons (Fsp3) is 0.718. The van der Waals surface area contributed by atoms with Gasteiger partial charge in [-0.05, 0) is 152 Å². The number of hydroxylamine groups is 8. The fourth-order valence-electron chi connectivity index (χ4n) is 18.6. The summed E-state index contributed by atoms with van der Waals surface area (Å²) in [6, 6.07) is 15.0. The minimum Gasteiger partial charge on any atom is -0.724 e. The third kappa shape index (κ3) is 19.1. The van der Waals surface area contributed by atoms with Gasteiger partial charge in [-0.3, -0.25) is 14.6 Å². The molecule has 8 amide bonds. The summed E-state index contributed by atoms with van der Waals surface area (Å²) in [4.78, 5) is 62.1. The number of nitrogens with zero attached hydrogens (tertiary/aromatic N) is 13. The van der Waals surface area contributed by atoms with E-state index in [4.69, 9.17) is 33.2 Å². The van der Waals surface area contributed by atoms with Crippen molar-refractivity contribution in [1.82, 2.24) is 60.5 Å². The molecule has 5 aromatic rings. The standard InChI is InChI=1S/C21H25N3O3.C16H36N.C14H19N3O6S.C14H19N3O3.C13H18N4O6S/c1-14-9-16(10-14)20-11-18(22-27-20)19-8-7-17-12-23(19)21(25)24(17)26-13-15-5-3-2-4-6-15;1-5-9-13-17(14-10-6-2,15-11-7-3)16-12-8-4;1-8-4-9(5-8)13-6-11(15-22-13)12-3-2-10-7-16(12)14(18)17(10)23-24(19,20)21;1-8-4-9(5-8)13-6-11(15-20-13)12-3-2-10-7-16(12)14(18)17(10)19;14-8-3-7(4-8)12-5-10(15-22-12)11-2-1-9-6-16(11)13(18)17(9)23-24(19,20)21/h2-6,11,14,16-17,19H,7-10,12-13H2,1H3;5-16H2,1-4H3;6,8-10,12H,2-5,7H2,1H3,(H,19,20,21);6,8-10,12,19H,2-5,7H2,1H3;5,7-9,11H,1-4,6,14H2,(H,19,20,21)/q;+1;;;/p-1/t14?,16?,17-,19+;;2*8?,9?,10-,12+;7?,8?,9-,11+/m1.111/s1. The largest absolute Gasteiger partial charge is 0.724 e. The van der Waals surface area contributed by atoms with Gasteiger partial charge >= 0.3 is 34.5 Å². The van der Waals surface area contributed by atoms with Crippen molar-refractivity contribution >= 4 is 44.9 Å². The Balaban J connectivity index is 0.000000124. The Morgan fingerprint density at radius 3 is 1.13 bits per heavy atom. The van der Waals surface area contributed by atoms with Crippen LogP contribution in [0.15, 0.2) is 72.7 Å². The number of urea groups is 4. The van der Waals surface area contributed by atoms with Crippen molar-refractivity contribution < 1.29 is 86.3 Å². The number of benzene rings is 1. The van der Waals surface area contributed by atoms with E-state index in [2.05, 4.69) is 83.7 Å². The molecule has 8 aliphatic heterocycles. The van der Waals surface area contributed by atoms with Gasteiger partial charge in [0.05, 0.1) is 74.5 Å². The average molecular weight is 1600 g/mol. The molecule has 4 saturated carbocycles. The molecule has 12 aliphatic rings. The lowest BCUT2D eigenvalue weighted by molar-refractivity contribution is -0.929. The van der Waals surface area contributed by atoms with E-state index in [9.17, 15) is 45.8 Å². The molecule has 8 bridgehead atoms. The van der Waals surface area contributed by atoms with Crippen LogP contribution < -0.4 is 5.73 Å². The van der Waals surface area contributed by atoms with Crippen LogP contribution in [0.25, 0.3) is 0 Å². The molecule has 112 heavy (non-hydrogen) atoms. The zero-order valence-electron chi connectivity index (χ0n) is 65.9. The molecule has 12 fully saturated rings. The molecule has 618 valence electrons. The molecule has 8 atom stereocenters. The van der Waals surface area contributed by atoms with E-state index in [1.807, 2.05) is 53.4 Å². The molecule has 1 aromatic carbocycles. The highest BCUT2D eigenvalue weighted by atomic mass is 32.3. The van der Waals surface area contributed by atoms with E-state index in [0.717, 1.165) is 126 Å². The molecule has 34 heteroatoms. The predicted molar refractivity (Wildman–Crippen MR) is 404 cm³/mol. The number of carbonyl (C=O) groups is 4. The Hall–Kier alpha value is -7.28. The van der Waals surface area contributed by atoms with E-state index in [0.29, 0.717) is 98.6 Å². The Kier molecular flexibility index (Phi) is 26.5. The summed E-state index contributed by atoms with van der Waals surface area (Å²) in [5.74, 6) is 7.42. The van der Waals surface area contributed by atoms with Gasteiger partial charge in [0, 0.05) is 80.2 Å². The zero-order chi connectivity index (χ0) is 79.3. The third-order valence-electron chi connectivity index (χ3n) is 25.3. The molecule has 17 rings (SSSR count). The molecular weight excluding hydrogens is 1490 g/mol. The van der Waals surface area contributed by atoms with E-state index >= 15 is 0 Å². The number of hydrogen-bond acceptors (Lipinski definition) is 22. The smallest absolute Gasteiger partial charge is 0.418 e. The van der Waals surface area contributed by atoms with E-state index < -0.39 is 44.9 Å². The highest BCUT2D eigenvalue weighted by Crippen LogP contribution is 2.48. The number of rotatable bonds is 27. The molecule has 4 N–H and O–H groups in total. The normalized spacial score (nSPS) is 29.7. The second-order valence-electron chi connectivity index (χ2n) is 33.8. The summed E-state index contributed by atoms with van der Waals surface area (Å²) in [5, 5.41) is 30.2. The van der Waals surface area contributed by atoms with Crippen LogP contribution in [-0.4, -0.2) is 203 Å². The number of piperidine rings is 4. The van der Waals surface area contributed by atoms with Gasteiger partial charge in [-0.2, -0.15) is 27.9 Å². The van der Waals surface area contributed by atoms with E-state index in [1.54, 1.807) is 9.96 Å². The summed E-state index contributed by atoms with van der Waals surface area (Å²) in [5.41, 5.74) is 9.89. The van der Waals surface area contributed by atoms with Crippen LogP contribution in [0.3, 0.4) is 0 Å². The number of aromatic nitrogens is 4. The maximum Gasteiger partial charge on any atom is 0.418 e. The van der Waals surface area contributed by atoms with Crippen molar-refractivity contribution in [3.05, 3.63) is 106 Å². The Bertz CT molecular complexity index is 4030. The first-order valence-corrected chi connectivity index (χ1v) is 43.9. The summed E-state index contributed by atoms with van der Waals surface area (Å²) in [6.07, 6.45) is 25.4. The minimum atomic E-state index is -4.98. The number of carbonyl (C=O) groups excluding carboxylic acids is 4. The predicted octanol–water partition coefficient (Wildman–Crippen LogP) is 13.9. The maximum atomic E-state index is 12.9. The van der Waals surface area contributed by atoms with Gasteiger partial charge in [-0.25, -0.2) is 32.7 Å². The number of hydrogen-bond donors (Lipinski definition) is 3. The molecule has 4 aliphatic carbocycles. The monoisotopic (exact) mass is 1600 g/mol. The molecule has 32 nitrogen and oxygen atoms in total. The van der Waals surface area contributed by atoms with Crippen LogP contribution in [0.2, 0.25) is 0 Å². The summed E-state index contributed by atoms with van der Waals surface area (Å²) in [7, 11) is -9.71. The van der Waals surface area contributed by atoms with Crippen molar-refractivity contribution in [1.29, 1.82) is 0 Å². The number of amides is 8. The van der Waals surface area contributed by atoms with Gasteiger partial charge < -0.3 is 52.5 Å². The van der Waals surface area contributed by atoms with Crippen LogP contribution in [0.5, 0.6) is 0 Å². The van der Waals surface area contributed by atoms with Gasteiger partial charge in [-0.15, -0.1) is 4.28 Å². The van der Waals surface area contributed by atoms with Crippen molar-refractivity contribution in [2.75, 3.05) is 52.4 Å². The lowest BCUT2D eigenvalue weighted by Crippen LogP contribution is -2.50. The van der Waals surface area contributed by atoms with Crippen molar-refractivity contribution in [3.8, 4) is 0 Å². The number of fused-ring (bicyclic) bond motifs is 8. The maximum absolute atomic E-state index is 12.9. The van der Waals surface area contributed by atoms with Gasteiger partial charge in [0.15, 0.2) is 0 Å². The Morgan fingerprint density at radius 1 is 0.473 bits per heavy atom. The first kappa shape index (κ1) is 82.7. The van der Waals surface area contributed by atoms with Crippen molar-refractivity contribution in [2.45, 2.75) is 287 Å². The fourth-order valence-corrected chi connectivity index (χ4v) is 19.4. The molecule has 0 unspecified atom stereocenters. The quantitative estimate of drug-likeness (QED) is 0.0190. The molecule has 8 saturated heterocycles. The van der Waals surface area contributed by atoms with Crippen LogP contribution in [0, 0.1) is 17.8 Å². The van der Waals surface area contributed by atoms with Crippen LogP contribution >= 0.6 is 0 Å². The van der Waals surface area contributed by atoms with Crippen LogP contribution in [0.4, 0.5) is 19.2 Å². The molecule has 12 heterocycles. The molecular formula is C78H116N14O18S2. The van der Waals surface area contributed by atoms with Crippen LogP contribution in [-0.2, 0) is 40.8 Å². The lowest BCUT2D eigenvalue weighted by Gasteiger charge is -2.39. The summed E-state index contributed by atoms with van der Waals surface area (Å²) < 4.78 is 95.1. The number of unbranched alkanes of at least 4 members (excludes halogenated alkanes) is 4. The van der Waals surface area contributed by atoms with E-state index in [1.165, 1.54) is 105 Å². The number of quaternary nitrogens is 1. The minimum absolute atomic E-state index is 0.00549. The lowest BCUT2D eigenvalue weighted by atomic mass is 9.75. The highest BCUT2D eigenvalue weighted by molar-refractivity contribution is 7.81. The van der Waals surface area contributed by atoms with Gasteiger partial charge in [0.2, 0.25) is 10.4 Å². The topological polar surface area (TPSA) is 384 Å². The van der Waals surface area contributed by atoms with Gasteiger partial charge in [-0.1, -0.05) is 125 Å². The summed E-state index contributed by atoms with van der Waals surface area (Å²) in [6.45, 7) is 24.0. The average Bonchev–Trinajstić information content (AvgIpc) is 1.60. The third-order valence-corrected chi connectivity index (χ3v) is 26.0. The number of nitrogens with two attached hydrogens (primary N) is 1. The highest BCUT2D eigenvalue weighted by Gasteiger charge is 2.52. The SMILES string of the molecule is CC1CC(c2cc([C@@H]3CC[C@@H]4CN3C(=O)N4O)no2)C1.CC1CC(c2cc([C@@H]3CC[C@@H]4CN3C(=O)N4OCc3ccccc3)no2)C1.CC1CC(c2cc([C@@H]3CC[C@@H]4CN3C(=O)N4OS(=O)(=O)[O-])no2)C1.CCCC[N+](CCCC)(CCCC)CCCC.NC1CC(c2cc([C@@H]3CC[C@@H]4CN3C(=O)N4OS(=O)(=O)O)no2)C1. The van der Waals surface area contributed by atoms with Gasteiger partial charge in [0.1, 0.15) is 52.4 Å². The zero-order valence-corrected chi connectivity index (χ0v) is 67.5. The molecule has 4 aromatic heterocycles. The second kappa shape index (κ2) is 35.8. The van der Waals surface area contributed by atoms with Crippen molar-refractivity contribution in [3.63, 3.8) is 0 Å². The van der Waals surface area contributed by atoms with E-state index in [-0.39, 0.29) is 60.3 Å². The molecule has 0 radical (unpaired) electrons.